The second kappa shape index (κ2) is 4.18. The van der Waals surface area contributed by atoms with Gasteiger partial charge in [0, 0.05) is 5.92 Å². The fourth-order valence-electron chi connectivity index (χ4n) is 1.39. The van der Waals surface area contributed by atoms with Crippen molar-refractivity contribution in [1.82, 2.24) is 0 Å². The van der Waals surface area contributed by atoms with Gasteiger partial charge in [-0.25, -0.2) is 0 Å². The van der Waals surface area contributed by atoms with Crippen LogP contribution in [0.25, 0.3) is 0 Å². The third-order valence-electron chi connectivity index (χ3n) is 2.00. The largest absolute Gasteiger partial charge is 0.299 e. The molecule has 0 unspecified atom stereocenters. The van der Waals surface area contributed by atoms with Crippen molar-refractivity contribution in [1.29, 1.82) is 0 Å². The zero-order valence-electron chi connectivity index (χ0n) is 7.02. The molecule has 0 aromatic heterocycles. The van der Waals surface area contributed by atoms with Crippen LogP contribution in [0.4, 0.5) is 0 Å². The minimum absolute atomic E-state index is 0.176. The normalized spacial score (nSPS) is 17.5. The van der Waals surface area contributed by atoms with Crippen LogP contribution in [0.5, 0.6) is 0 Å². The van der Waals surface area contributed by atoms with Gasteiger partial charge in [0.2, 0.25) is 0 Å². The molecule has 0 amide bonds. The third-order valence-corrected chi connectivity index (χ3v) is 2.00. The Morgan fingerprint density at radius 3 is 2.64 bits per heavy atom. The van der Waals surface area contributed by atoms with Crippen molar-refractivity contribution in [2.75, 3.05) is 0 Å². The van der Waals surface area contributed by atoms with Crippen molar-refractivity contribution in [3.05, 3.63) is 0 Å². The van der Waals surface area contributed by atoms with E-state index in [1.165, 1.54) is 25.7 Å². The van der Waals surface area contributed by atoms with Gasteiger partial charge in [-0.05, 0) is 19.8 Å². The van der Waals surface area contributed by atoms with Crippen LogP contribution >= 0.6 is 0 Å². The van der Waals surface area contributed by atoms with Crippen molar-refractivity contribution in [2.24, 2.45) is 5.92 Å². The van der Waals surface area contributed by atoms with E-state index >= 15 is 0 Å². The Hall–Kier alpha value is -0.770. The maximum Gasteiger partial charge on any atom is 0.141 e. The molecule has 1 saturated carbocycles. The minimum atomic E-state index is 0.176. The molecule has 1 nitrogen and oxygen atoms in total. The molecule has 0 aliphatic heterocycles. The van der Waals surface area contributed by atoms with Crippen LogP contribution in [-0.2, 0) is 4.79 Å². The molecule has 60 valence electrons. The van der Waals surface area contributed by atoms with Crippen molar-refractivity contribution in [3.8, 4) is 11.8 Å². The van der Waals surface area contributed by atoms with Crippen molar-refractivity contribution in [3.63, 3.8) is 0 Å². The Bertz CT molecular complexity index is 189. The number of carbonyl (C=O) groups is 1. The molecule has 11 heavy (non-hydrogen) atoms. The van der Waals surface area contributed by atoms with Gasteiger partial charge in [-0.15, -0.1) is 0 Å². The molecule has 1 heteroatoms. The van der Waals surface area contributed by atoms with E-state index in [2.05, 4.69) is 11.8 Å². The van der Waals surface area contributed by atoms with Crippen molar-refractivity contribution < 1.29 is 4.79 Å². The maximum absolute atomic E-state index is 10.5. The van der Waals surface area contributed by atoms with Gasteiger partial charge in [-0.1, -0.05) is 24.7 Å². The second-order valence-electron chi connectivity index (χ2n) is 3.18. The monoisotopic (exact) mass is 150 g/mol. The van der Waals surface area contributed by atoms with Gasteiger partial charge in [0.1, 0.15) is 5.78 Å². The lowest BCUT2D eigenvalue weighted by Crippen LogP contribution is -1.89. The van der Waals surface area contributed by atoms with E-state index in [0.717, 1.165) is 0 Å². The van der Waals surface area contributed by atoms with Gasteiger partial charge in [0.05, 0.1) is 6.42 Å². The van der Waals surface area contributed by atoms with Gasteiger partial charge in [-0.3, -0.25) is 4.79 Å². The first-order chi connectivity index (χ1) is 5.29. The second-order valence-corrected chi connectivity index (χ2v) is 3.18. The molecule has 0 bridgehead atoms. The molecule has 0 saturated heterocycles. The minimum Gasteiger partial charge on any atom is -0.299 e. The van der Waals surface area contributed by atoms with Gasteiger partial charge < -0.3 is 0 Å². The van der Waals surface area contributed by atoms with E-state index in [4.69, 9.17) is 0 Å². The molecule has 0 radical (unpaired) electrons. The van der Waals surface area contributed by atoms with E-state index in [0.29, 0.717) is 12.3 Å². The molecule has 0 aromatic rings. The molecule has 0 aromatic carbocycles. The third kappa shape index (κ3) is 3.23. The first-order valence-electron chi connectivity index (χ1n) is 4.27. The first-order valence-corrected chi connectivity index (χ1v) is 4.27. The summed E-state index contributed by atoms with van der Waals surface area (Å²) < 4.78 is 0. The summed E-state index contributed by atoms with van der Waals surface area (Å²) in [7, 11) is 0. The standard InChI is InChI=1S/C10H14O/c1-9(11)5-4-8-10-6-2-3-7-10/h10H,2-3,5-7H2,1H3. The zero-order chi connectivity index (χ0) is 8.10. The van der Waals surface area contributed by atoms with Crippen LogP contribution in [0.15, 0.2) is 0 Å². The van der Waals surface area contributed by atoms with E-state index in [1.807, 2.05) is 0 Å². The van der Waals surface area contributed by atoms with Crippen LogP contribution < -0.4 is 0 Å². The lowest BCUT2D eigenvalue weighted by Gasteiger charge is -1.93. The maximum atomic E-state index is 10.5. The fourth-order valence-corrected chi connectivity index (χ4v) is 1.39. The molecule has 1 fully saturated rings. The van der Waals surface area contributed by atoms with Crippen molar-refractivity contribution in [2.45, 2.75) is 39.0 Å². The summed E-state index contributed by atoms with van der Waals surface area (Å²) in [5.74, 6) is 6.84. The zero-order valence-corrected chi connectivity index (χ0v) is 7.02. The molecule has 1 aliphatic rings. The summed E-state index contributed by atoms with van der Waals surface area (Å²) in [5, 5.41) is 0. The Morgan fingerprint density at radius 2 is 2.09 bits per heavy atom. The lowest BCUT2D eigenvalue weighted by atomic mass is 10.1. The first kappa shape index (κ1) is 8.33. The fraction of sp³-hybridized carbons (Fsp3) is 0.700. The van der Waals surface area contributed by atoms with Crippen LogP contribution in [0, 0.1) is 17.8 Å². The Labute approximate surface area is 68.2 Å². The number of rotatable bonds is 1. The highest BCUT2D eigenvalue weighted by molar-refractivity contribution is 5.78. The topological polar surface area (TPSA) is 17.1 Å². The molecular formula is C10H14O. The van der Waals surface area contributed by atoms with Gasteiger partial charge in [-0.2, -0.15) is 0 Å². The Kier molecular flexibility index (Phi) is 3.16. The highest BCUT2D eigenvalue weighted by Crippen LogP contribution is 2.23. The highest BCUT2D eigenvalue weighted by atomic mass is 16.1. The van der Waals surface area contributed by atoms with E-state index in [-0.39, 0.29) is 5.78 Å². The SMILES string of the molecule is CC(=O)CC#CC1CCCC1. The summed E-state index contributed by atoms with van der Waals surface area (Å²) in [4.78, 5) is 10.5. The Balaban J connectivity index is 2.25. The van der Waals surface area contributed by atoms with Crippen molar-refractivity contribution >= 4 is 5.78 Å². The smallest absolute Gasteiger partial charge is 0.141 e. The molecule has 1 aliphatic carbocycles. The van der Waals surface area contributed by atoms with E-state index in [1.54, 1.807) is 6.92 Å². The van der Waals surface area contributed by atoms with Crippen LogP contribution in [-0.4, -0.2) is 5.78 Å². The molecule has 0 N–H and O–H groups in total. The average molecular weight is 150 g/mol. The van der Waals surface area contributed by atoms with E-state index in [9.17, 15) is 4.79 Å². The quantitative estimate of drug-likeness (QED) is 0.523. The summed E-state index contributed by atoms with van der Waals surface area (Å²) in [5.41, 5.74) is 0. The predicted molar refractivity (Wildman–Crippen MR) is 45.0 cm³/mol. The highest BCUT2D eigenvalue weighted by Gasteiger charge is 2.11. The van der Waals surface area contributed by atoms with Gasteiger partial charge in [0.25, 0.3) is 0 Å². The summed E-state index contributed by atoms with van der Waals surface area (Å²) >= 11 is 0. The number of hydrogen-bond acceptors (Lipinski definition) is 1. The summed E-state index contributed by atoms with van der Waals surface area (Å²) in [6.07, 6.45) is 5.56. The summed E-state index contributed by atoms with van der Waals surface area (Å²) in [6, 6.07) is 0. The van der Waals surface area contributed by atoms with Crippen LogP contribution in [0.3, 0.4) is 0 Å². The number of ketones is 1. The van der Waals surface area contributed by atoms with Gasteiger partial charge in [0.15, 0.2) is 0 Å². The van der Waals surface area contributed by atoms with Crippen LogP contribution in [0.1, 0.15) is 39.0 Å². The van der Waals surface area contributed by atoms with E-state index < -0.39 is 0 Å². The molecule has 0 heterocycles. The molecule has 1 rings (SSSR count). The average Bonchev–Trinajstić information content (AvgIpc) is 2.39. The Morgan fingerprint density at radius 1 is 1.45 bits per heavy atom. The molecular weight excluding hydrogens is 136 g/mol. The van der Waals surface area contributed by atoms with Crippen LogP contribution in [0.2, 0.25) is 0 Å². The van der Waals surface area contributed by atoms with Gasteiger partial charge >= 0.3 is 0 Å². The number of Topliss-reactive ketones (excluding diaryl/α,β-unsaturated/α-hetero) is 1. The molecule has 0 atom stereocenters. The molecule has 0 spiro atoms. The predicted octanol–water partition coefficient (Wildman–Crippen LogP) is 2.16. The number of carbonyl (C=O) groups excluding carboxylic acids is 1. The lowest BCUT2D eigenvalue weighted by molar-refractivity contribution is -0.116. The summed E-state index contributed by atoms with van der Waals surface area (Å²) in [6.45, 7) is 1.59. The number of hydrogen-bond donors (Lipinski definition) is 0.